The second-order valence-electron chi connectivity index (χ2n) is 4.63. The van der Waals surface area contributed by atoms with Crippen LogP contribution in [0.25, 0.3) is 0 Å². The zero-order valence-electron chi connectivity index (χ0n) is 11.4. The molecular formula is C17H11NO4. The van der Waals surface area contributed by atoms with Gasteiger partial charge >= 0.3 is 0 Å². The molecule has 1 heterocycles. The van der Waals surface area contributed by atoms with Gasteiger partial charge in [-0.1, -0.05) is 0 Å². The van der Waals surface area contributed by atoms with E-state index in [1.807, 2.05) is 0 Å². The molecule has 1 aliphatic rings. The number of rotatable bonds is 4. The molecule has 0 saturated heterocycles. The van der Waals surface area contributed by atoms with Crippen molar-refractivity contribution < 1.29 is 19.1 Å². The summed E-state index contributed by atoms with van der Waals surface area (Å²) in [5.74, 6) is 0.439. The number of aldehydes is 1. The predicted molar refractivity (Wildman–Crippen MR) is 80.0 cm³/mol. The molecule has 5 nitrogen and oxygen atoms in total. The van der Waals surface area contributed by atoms with Crippen LogP contribution in [0.15, 0.2) is 60.7 Å². The summed E-state index contributed by atoms with van der Waals surface area (Å²) in [6.45, 7) is 0. The SMILES string of the molecule is O=Cc1ccc(Oc2ccc(N3C(=O)C=CC3=O)cc2)cc1. The lowest BCUT2D eigenvalue weighted by Gasteiger charge is -2.14. The highest BCUT2D eigenvalue weighted by molar-refractivity contribution is 6.28. The van der Waals surface area contributed by atoms with Gasteiger partial charge in [-0.05, 0) is 48.5 Å². The first-order valence-electron chi connectivity index (χ1n) is 6.57. The first kappa shape index (κ1) is 13.8. The van der Waals surface area contributed by atoms with E-state index in [2.05, 4.69) is 0 Å². The van der Waals surface area contributed by atoms with Gasteiger partial charge < -0.3 is 4.74 Å². The third-order valence-corrected chi connectivity index (χ3v) is 3.16. The van der Waals surface area contributed by atoms with Crippen molar-refractivity contribution in [3.05, 3.63) is 66.2 Å². The molecule has 0 aliphatic carbocycles. The third-order valence-electron chi connectivity index (χ3n) is 3.16. The van der Waals surface area contributed by atoms with Crippen molar-refractivity contribution in [2.75, 3.05) is 4.90 Å². The first-order valence-corrected chi connectivity index (χ1v) is 6.57. The van der Waals surface area contributed by atoms with E-state index in [1.165, 1.54) is 12.2 Å². The maximum absolute atomic E-state index is 11.6. The molecular weight excluding hydrogens is 282 g/mol. The van der Waals surface area contributed by atoms with Crippen LogP contribution in [0, 0.1) is 0 Å². The Morgan fingerprint density at radius 1 is 0.773 bits per heavy atom. The van der Waals surface area contributed by atoms with Crippen LogP contribution < -0.4 is 9.64 Å². The lowest BCUT2D eigenvalue weighted by Crippen LogP contribution is -2.29. The summed E-state index contributed by atoms with van der Waals surface area (Å²) >= 11 is 0. The van der Waals surface area contributed by atoms with Crippen LogP contribution in [0.4, 0.5) is 5.69 Å². The van der Waals surface area contributed by atoms with Gasteiger partial charge in [-0.3, -0.25) is 14.4 Å². The van der Waals surface area contributed by atoms with Crippen molar-refractivity contribution in [1.29, 1.82) is 0 Å². The van der Waals surface area contributed by atoms with Crippen molar-refractivity contribution in [1.82, 2.24) is 0 Å². The van der Waals surface area contributed by atoms with Gasteiger partial charge in [-0.25, -0.2) is 4.90 Å². The lowest BCUT2D eigenvalue weighted by atomic mass is 10.2. The molecule has 2 aromatic rings. The summed E-state index contributed by atoms with van der Waals surface area (Å²) in [6.07, 6.45) is 3.24. The van der Waals surface area contributed by atoms with Crippen molar-refractivity contribution >= 4 is 23.8 Å². The molecule has 0 spiro atoms. The number of imide groups is 1. The Morgan fingerprint density at radius 2 is 1.27 bits per heavy atom. The number of ether oxygens (including phenoxy) is 1. The molecule has 0 aromatic heterocycles. The molecule has 2 aromatic carbocycles. The Kier molecular flexibility index (Phi) is 3.53. The van der Waals surface area contributed by atoms with Gasteiger partial charge in [-0.15, -0.1) is 0 Å². The van der Waals surface area contributed by atoms with Crippen LogP contribution in [-0.4, -0.2) is 18.1 Å². The summed E-state index contributed by atoms with van der Waals surface area (Å²) in [5.41, 5.74) is 1.06. The molecule has 108 valence electrons. The van der Waals surface area contributed by atoms with Gasteiger partial charge in [0.1, 0.15) is 17.8 Å². The minimum atomic E-state index is -0.358. The van der Waals surface area contributed by atoms with Gasteiger partial charge in [0.05, 0.1) is 5.69 Å². The highest BCUT2D eigenvalue weighted by Gasteiger charge is 2.24. The van der Waals surface area contributed by atoms with Crippen LogP contribution in [0.1, 0.15) is 10.4 Å². The molecule has 5 heteroatoms. The number of hydrogen-bond acceptors (Lipinski definition) is 4. The van der Waals surface area contributed by atoms with Crippen molar-refractivity contribution in [3.63, 3.8) is 0 Å². The van der Waals surface area contributed by atoms with Crippen LogP contribution in [0.3, 0.4) is 0 Å². The lowest BCUT2D eigenvalue weighted by molar-refractivity contribution is -0.119. The zero-order chi connectivity index (χ0) is 15.5. The minimum absolute atomic E-state index is 0.358. The summed E-state index contributed by atoms with van der Waals surface area (Å²) in [7, 11) is 0. The van der Waals surface area contributed by atoms with Crippen LogP contribution in [0.2, 0.25) is 0 Å². The Bertz CT molecular complexity index is 742. The third kappa shape index (κ3) is 2.64. The summed E-state index contributed by atoms with van der Waals surface area (Å²) in [4.78, 5) is 34.8. The van der Waals surface area contributed by atoms with Crippen LogP contribution in [-0.2, 0) is 9.59 Å². The Hall–Kier alpha value is -3.21. The smallest absolute Gasteiger partial charge is 0.258 e. The fraction of sp³-hybridized carbons (Fsp3) is 0. The van der Waals surface area contributed by atoms with Gasteiger partial charge in [0, 0.05) is 17.7 Å². The molecule has 22 heavy (non-hydrogen) atoms. The number of carbonyl (C=O) groups is 3. The fourth-order valence-corrected chi connectivity index (χ4v) is 2.07. The Morgan fingerprint density at radius 3 is 1.77 bits per heavy atom. The minimum Gasteiger partial charge on any atom is -0.457 e. The van der Waals surface area contributed by atoms with Crippen molar-refractivity contribution in [3.8, 4) is 11.5 Å². The maximum atomic E-state index is 11.6. The summed E-state index contributed by atoms with van der Waals surface area (Å²) in [5, 5.41) is 0. The van der Waals surface area contributed by atoms with Gasteiger partial charge in [0.15, 0.2) is 0 Å². The second-order valence-corrected chi connectivity index (χ2v) is 4.63. The molecule has 0 fully saturated rings. The monoisotopic (exact) mass is 293 g/mol. The predicted octanol–water partition coefficient (Wildman–Crippen LogP) is 2.72. The maximum Gasteiger partial charge on any atom is 0.258 e. The van der Waals surface area contributed by atoms with Crippen molar-refractivity contribution in [2.45, 2.75) is 0 Å². The zero-order valence-corrected chi connectivity index (χ0v) is 11.4. The molecule has 0 bridgehead atoms. The molecule has 0 atom stereocenters. The summed E-state index contributed by atoms with van der Waals surface area (Å²) < 4.78 is 5.63. The fourth-order valence-electron chi connectivity index (χ4n) is 2.07. The second kappa shape index (κ2) is 5.65. The standard InChI is InChI=1S/C17H11NO4/c19-11-12-1-5-14(6-2-12)22-15-7-3-13(4-8-15)18-16(20)9-10-17(18)21/h1-11H. The topological polar surface area (TPSA) is 63.7 Å². The molecule has 2 amide bonds. The Labute approximate surface area is 126 Å². The number of benzene rings is 2. The van der Waals surface area contributed by atoms with E-state index in [0.29, 0.717) is 22.7 Å². The largest absolute Gasteiger partial charge is 0.457 e. The van der Waals surface area contributed by atoms with E-state index in [9.17, 15) is 14.4 Å². The van der Waals surface area contributed by atoms with Crippen molar-refractivity contribution in [2.24, 2.45) is 0 Å². The van der Waals surface area contributed by atoms with Gasteiger partial charge in [0.2, 0.25) is 0 Å². The van der Waals surface area contributed by atoms with E-state index < -0.39 is 0 Å². The Balaban J connectivity index is 1.75. The van der Waals surface area contributed by atoms with Crippen LogP contribution >= 0.6 is 0 Å². The van der Waals surface area contributed by atoms with E-state index in [4.69, 9.17) is 4.74 Å². The quantitative estimate of drug-likeness (QED) is 0.642. The highest BCUT2D eigenvalue weighted by Crippen LogP contribution is 2.26. The molecule has 1 aliphatic heterocycles. The van der Waals surface area contributed by atoms with E-state index >= 15 is 0 Å². The van der Waals surface area contributed by atoms with Crippen LogP contribution in [0.5, 0.6) is 11.5 Å². The molecule has 0 radical (unpaired) electrons. The molecule has 0 saturated carbocycles. The number of nitrogens with zero attached hydrogens (tertiary/aromatic N) is 1. The average molecular weight is 293 g/mol. The first-order chi connectivity index (χ1) is 10.7. The number of hydrogen-bond donors (Lipinski definition) is 0. The highest BCUT2D eigenvalue weighted by atomic mass is 16.5. The average Bonchev–Trinajstić information content (AvgIpc) is 2.88. The van der Waals surface area contributed by atoms with Gasteiger partial charge in [0.25, 0.3) is 11.8 Å². The molecule has 0 unspecified atom stereocenters. The normalized spacial score (nSPS) is 13.5. The van der Waals surface area contributed by atoms with E-state index in [0.717, 1.165) is 11.2 Å². The summed E-state index contributed by atoms with van der Waals surface area (Å²) in [6, 6.07) is 13.3. The number of anilines is 1. The number of amides is 2. The number of carbonyl (C=O) groups excluding carboxylic acids is 3. The molecule has 3 rings (SSSR count). The van der Waals surface area contributed by atoms with Gasteiger partial charge in [-0.2, -0.15) is 0 Å². The van der Waals surface area contributed by atoms with E-state index in [-0.39, 0.29) is 11.8 Å². The van der Waals surface area contributed by atoms with E-state index in [1.54, 1.807) is 48.5 Å². The molecule has 0 N–H and O–H groups in total.